The fraction of sp³-hybridized carbons (Fsp3) is 0.360. The van der Waals surface area contributed by atoms with Crippen LogP contribution in [0.25, 0.3) is 16.9 Å². The number of nitrogens with one attached hydrogen (secondary N) is 1. The van der Waals surface area contributed by atoms with Crippen LogP contribution in [0, 0.1) is 23.1 Å². The van der Waals surface area contributed by atoms with Crippen LogP contribution in [0.15, 0.2) is 36.5 Å². The number of nitrogens with zero attached hydrogens (tertiary/aromatic N) is 5. The summed E-state index contributed by atoms with van der Waals surface area (Å²) in [6.45, 7) is 1.29. The van der Waals surface area contributed by atoms with Crippen molar-refractivity contribution in [3.8, 4) is 23.0 Å². The van der Waals surface area contributed by atoms with Crippen molar-refractivity contribution in [1.82, 2.24) is 20.1 Å². The summed E-state index contributed by atoms with van der Waals surface area (Å²) in [4.78, 5) is 19.2. The number of hydrogen-bond donors (Lipinski definition) is 3. The molecule has 1 saturated heterocycles. The number of pyridine rings is 1. The van der Waals surface area contributed by atoms with Crippen LogP contribution in [0.5, 0.6) is 0 Å². The number of hydrogen-bond acceptors (Lipinski definition) is 8. The summed E-state index contributed by atoms with van der Waals surface area (Å²) < 4.78 is 22.3. The lowest BCUT2D eigenvalue weighted by Crippen LogP contribution is -2.32. The Morgan fingerprint density at radius 2 is 2.22 bits per heavy atom. The highest BCUT2D eigenvalue weighted by Crippen LogP contribution is 2.53. The van der Waals surface area contributed by atoms with Gasteiger partial charge in [-0.2, -0.15) is 10.4 Å². The van der Waals surface area contributed by atoms with Crippen molar-refractivity contribution in [2.24, 2.45) is 5.92 Å². The van der Waals surface area contributed by atoms with E-state index >= 15 is 0 Å². The van der Waals surface area contributed by atoms with Crippen LogP contribution >= 0.6 is 0 Å². The third-order valence-electron chi connectivity index (χ3n) is 7.10. The molecule has 10 nitrogen and oxygen atoms in total. The molecule has 2 fully saturated rings. The molecule has 2 aromatic heterocycles. The Morgan fingerprint density at radius 3 is 3.03 bits per heavy atom. The molecule has 184 valence electrons. The van der Waals surface area contributed by atoms with Gasteiger partial charge >= 0.3 is 0 Å². The molecule has 1 aliphatic carbocycles. The van der Waals surface area contributed by atoms with Gasteiger partial charge in [0.1, 0.15) is 11.9 Å². The predicted octanol–water partition coefficient (Wildman–Crippen LogP) is 1.14. The van der Waals surface area contributed by atoms with E-state index in [1.54, 1.807) is 16.9 Å². The largest absolute Gasteiger partial charge is 0.394 e. The summed E-state index contributed by atoms with van der Waals surface area (Å²) in [5.41, 5.74) is 1.43. The van der Waals surface area contributed by atoms with Gasteiger partial charge in [-0.25, -0.2) is 14.1 Å². The Kier molecular flexibility index (Phi) is 5.26. The minimum absolute atomic E-state index is 0.0804. The summed E-state index contributed by atoms with van der Waals surface area (Å²) in [5, 5.41) is 35.6. The van der Waals surface area contributed by atoms with E-state index in [1.165, 1.54) is 18.2 Å². The van der Waals surface area contributed by atoms with Gasteiger partial charge in [0.05, 0.1) is 65.2 Å². The molecule has 1 amide bonds. The SMILES string of the molecule is N#Cc1cccc(F)c1-c1cc(-n2ccc(N3CC4C[C@@]4(OC[C@@H](O)CO)C3)n2)c2c(n1)CNC2=O. The van der Waals surface area contributed by atoms with Crippen LogP contribution in [0.4, 0.5) is 10.2 Å². The smallest absolute Gasteiger partial charge is 0.255 e. The van der Waals surface area contributed by atoms with E-state index in [0.717, 1.165) is 13.0 Å². The Labute approximate surface area is 205 Å². The van der Waals surface area contributed by atoms with E-state index in [-0.39, 0.29) is 48.1 Å². The highest BCUT2D eigenvalue weighted by molar-refractivity contribution is 6.01. The zero-order valence-corrected chi connectivity index (χ0v) is 19.2. The van der Waals surface area contributed by atoms with Crippen molar-refractivity contribution in [1.29, 1.82) is 5.26 Å². The molecule has 0 radical (unpaired) electrons. The molecule has 3 aromatic rings. The second-order valence-corrected chi connectivity index (χ2v) is 9.42. The standard InChI is InChI=1S/C25H23FN6O4/c26-17-3-1-2-14(8-27)22(17)18-6-20(23-19(29-18)9-28-24(23)35)32-5-4-21(30-32)31-10-15-7-25(15,13-31)36-12-16(34)11-33/h1-6,15-16,33-34H,7,9-13H2,(H,28,35)/t15?,16-,25+/m0/s1. The average Bonchev–Trinajstić information content (AvgIpc) is 3.27. The number of aliphatic hydroxyl groups excluding tert-OH is 2. The number of nitriles is 1. The van der Waals surface area contributed by atoms with Crippen LogP contribution in [0.3, 0.4) is 0 Å². The van der Waals surface area contributed by atoms with Crippen LogP contribution in [-0.4, -0.2) is 68.9 Å². The molecular formula is C25H23FN6O4. The quantitative estimate of drug-likeness (QED) is 0.449. The highest BCUT2D eigenvalue weighted by atomic mass is 19.1. The molecule has 3 atom stereocenters. The van der Waals surface area contributed by atoms with Gasteiger partial charge in [-0.3, -0.25) is 4.79 Å². The molecule has 0 bridgehead atoms. The van der Waals surface area contributed by atoms with E-state index in [1.807, 2.05) is 12.1 Å². The van der Waals surface area contributed by atoms with E-state index in [2.05, 4.69) is 15.2 Å². The third kappa shape index (κ3) is 3.62. The number of aromatic nitrogens is 3. The Hall–Kier alpha value is -3.85. The van der Waals surface area contributed by atoms with Gasteiger partial charge in [-0.1, -0.05) is 6.07 Å². The molecule has 6 rings (SSSR count). The molecule has 1 saturated carbocycles. The minimum atomic E-state index is -0.904. The monoisotopic (exact) mass is 490 g/mol. The molecule has 11 heteroatoms. The fourth-order valence-electron chi connectivity index (χ4n) is 5.16. The van der Waals surface area contributed by atoms with E-state index in [0.29, 0.717) is 35.2 Å². The minimum Gasteiger partial charge on any atom is -0.394 e. The van der Waals surface area contributed by atoms with E-state index in [9.17, 15) is 19.6 Å². The first-order valence-corrected chi connectivity index (χ1v) is 11.7. The van der Waals surface area contributed by atoms with Gasteiger partial charge in [-0.05, 0) is 24.6 Å². The van der Waals surface area contributed by atoms with Gasteiger partial charge in [-0.15, -0.1) is 0 Å². The zero-order valence-electron chi connectivity index (χ0n) is 19.2. The maximum absolute atomic E-state index is 14.8. The van der Waals surface area contributed by atoms with Crippen LogP contribution in [0.1, 0.15) is 28.0 Å². The van der Waals surface area contributed by atoms with Gasteiger partial charge in [0.25, 0.3) is 5.91 Å². The van der Waals surface area contributed by atoms with Crippen LogP contribution in [-0.2, 0) is 11.3 Å². The molecule has 4 heterocycles. The van der Waals surface area contributed by atoms with Crippen molar-refractivity contribution >= 4 is 11.7 Å². The predicted molar refractivity (Wildman–Crippen MR) is 125 cm³/mol. The first-order chi connectivity index (χ1) is 17.4. The van der Waals surface area contributed by atoms with Gasteiger partial charge in [0.2, 0.25) is 0 Å². The fourth-order valence-corrected chi connectivity index (χ4v) is 5.16. The lowest BCUT2D eigenvalue weighted by atomic mass is 10.0. The third-order valence-corrected chi connectivity index (χ3v) is 7.10. The average molecular weight is 490 g/mol. The molecule has 3 aliphatic rings. The number of piperidine rings is 1. The normalized spacial score (nSPS) is 22.7. The van der Waals surface area contributed by atoms with Gasteiger partial charge in [0, 0.05) is 31.3 Å². The maximum atomic E-state index is 14.8. The lowest BCUT2D eigenvalue weighted by Gasteiger charge is -2.21. The summed E-state index contributed by atoms with van der Waals surface area (Å²) in [6, 6.07) is 9.71. The number of ether oxygens (including phenoxy) is 1. The number of amides is 1. The van der Waals surface area contributed by atoms with Crippen molar-refractivity contribution in [2.45, 2.75) is 24.7 Å². The van der Waals surface area contributed by atoms with Gasteiger partial charge < -0.3 is 25.2 Å². The number of benzene rings is 1. The molecule has 1 unspecified atom stereocenters. The number of halogens is 1. The molecule has 2 aliphatic heterocycles. The van der Waals surface area contributed by atoms with Crippen molar-refractivity contribution in [3.63, 3.8) is 0 Å². The topological polar surface area (TPSA) is 137 Å². The number of anilines is 1. The number of fused-ring (bicyclic) bond motifs is 2. The maximum Gasteiger partial charge on any atom is 0.255 e. The molecular weight excluding hydrogens is 467 g/mol. The van der Waals surface area contributed by atoms with E-state index in [4.69, 9.17) is 14.9 Å². The van der Waals surface area contributed by atoms with Crippen molar-refractivity contribution in [2.75, 3.05) is 31.2 Å². The second kappa shape index (κ2) is 8.37. The van der Waals surface area contributed by atoms with Crippen LogP contribution in [0.2, 0.25) is 0 Å². The number of rotatable bonds is 7. The Morgan fingerprint density at radius 1 is 1.36 bits per heavy atom. The summed E-state index contributed by atoms with van der Waals surface area (Å²) in [7, 11) is 0. The molecule has 1 aromatic carbocycles. The van der Waals surface area contributed by atoms with Crippen molar-refractivity contribution in [3.05, 3.63) is 59.2 Å². The second-order valence-electron chi connectivity index (χ2n) is 9.42. The Balaban J connectivity index is 1.33. The van der Waals surface area contributed by atoms with Gasteiger partial charge in [0.15, 0.2) is 5.82 Å². The highest BCUT2D eigenvalue weighted by Gasteiger charge is 2.61. The lowest BCUT2D eigenvalue weighted by molar-refractivity contribution is -0.0375. The van der Waals surface area contributed by atoms with Crippen LogP contribution < -0.4 is 10.2 Å². The number of aliphatic hydroxyl groups is 2. The molecule has 36 heavy (non-hydrogen) atoms. The zero-order chi connectivity index (χ0) is 25.0. The Bertz CT molecular complexity index is 1420. The first kappa shape index (κ1) is 22.6. The molecule has 3 N–H and O–H groups in total. The van der Waals surface area contributed by atoms with Crippen molar-refractivity contribution < 1.29 is 24.1 Å². The number of carbonyl (C=O) groups is 1. The number of carbonyl (C=O) groups excluding carboxylic acids is 1. The first-order valence-electron chi connectivity index (χ1n) is 11.7. The van der Waals surface area contributed by atoms with E-state index < -0.39 is 11.9 Å². The summed E-state index contributed by atoms with van der Waals surface area (Å²) in [6.07, 6.45) is 1.73. The molecule has 0 spiro atoms. The summed E-state index contributed by atoms with van der Waals surface area (Å²) in [5.74, 6) is 0.157. The summed E-state index contributed by atoms with van der Waals surface area (Å²) >= 11 is 0.